The third kappa shape index (κ3) is 1.95. The van der Waals surface area contributed by atoms with Crippen LogP contribution in [0.5, 0.6) is 0 Å². The lowest BCUT2D eigenvalue weighted by Gasteiger charge is -1.88. The van der Waals surface area contributed by atoms with E-state index in [0.717, 1.165) is 6.42 Å². The zero-order chi connectivity index (χ0) is 6.69. The molecule has 1 rings (SSSR count). The first-order chi connectivity index (χ1) is 4.38. The Bertz CT molecular complexity index is 83.0. The third-order valence-electron chi connectivity index (χ3n) is 1.71. The van der Waals surface area contributed by atoms with Crippen LogP contribution in [0.2, 0.25) is 0 Å². The molecule has 0 aromatic heterocycles. The Labute approximate surface area is 55.8 Å². The van der Waals surface area contributed by atoms with E-state index >= 15 is 0 Å². The summed E-state index contributed by atoms with van der Waals surface area (Å²) in [6.45, 7) is 2.37. The van der Waals surface area contributed by atoms with Gasteiger partial charge in [-0.25, -0.2) is 0 Å². The van der Waals surface area contributed by atoms with Crippen LogP contribution in [-0.4, -0.2) is 23.9 Å². The Balaban J connectivity index is 1.92. The first-order valence-corrected chi connectivity index (χ1v) is 3.64. The SMILES string of the molecule is CCCC[C@@H]1O[C@H]1CO. The Hall–Kier alpha value is -0.0800. The van der Waals surface area contributed by atoms with Crippen molar-refractivity contribution in [2.75, 3.05) is 6.61 Å². The maximum atomic E-state index is 8.55. The van der Waals surface area contributed by atoms with Crippen molar-refractivity contribution in [3.05, 3.63) is 0 Å². The molecule has 1 fully saturated rings. The van der Waals surface area contributed by atoms with E-state index in [1.54, 1.807) is 0 Å². The fourth-order valence-electron chi connectivity index (χ4n) is 0.999. The van der Waals surface area contributed by atoms with Crippen LogP contribution >= 0.6 is 0 Å². The summed E-state index contributed by atoms with van der Waals surface area (Å²) in [5.74, 6) is 0. The summed E-state index contributed by atoms with van der Waals surface area (Å²) in [4.78, 5) is 0. The van der Waals surface area contributed by atoms with Crippen LogP contribution in [0, 0.1) is 0 Å². The smallest absolute Gasteiger partial charge is 0.107 e. The summed E-state index contributed by atoms with van der Waals surface area (Å²) in [6, 6.07) is 0. The predicted molar refractivity (Wildman–Crippen MR) is 35.3 cm³/mol. The molecule has 0 saturated carbocycles. The minimum Gasteiger partial charge on any atom is -0.394 e. The van der Waals surface area contributed by atoms with Gasteiger partial charge in [0.2, 0.25) is 0 Å². The molecular weight excluding hydrogens is 116 g/mol. The highest BCUT2D eigenvalue weighted by atomic mass is 16.6. The van der Waals surface area contributed by atoms with Gasteiger partial charge in [0.25, 0.3) is 0 Å². The second kappa shape index (κ2) is 3.18. The summed E-state index contributed by atoms with van der Waals surface area (Å²) in [6.07, 6.45) is 4.13. The molecule has 1 saturated heterocycles. The molecule has 0 aliphatic carbocycles. The van der Waals surface area contributed by atoms with E-state index in [1.807, 2.05) is 0 Å². The number of hydrogen-bond donors (Lipinski definition) is 1. The van der Waals surface area contributed by atoms with Crippen molar-refractivity contribution in [2.24, 2.45) is 0 Å². The molecule has 0 aromatic carbocycles. The fourth-order valence-corrected chi connectivity index (χ4v) is 0.999. The molecule has 1 heterocycles. The van der Waals surface area contributed by atoms with Gasteiger partial charge >= 0.3 is 0 Å². The van der Waals surface area contributed by atoms with Crippen molar-refractivity contribution in [1.29, 1.82) is 0 Å². The normalized spacial score (nSPS) is 32.7. The number of hydrogen-bond acceptors (Lipinski definition) is 2. The molecule has 0 radical (unpaired) electrons. The molecule has 54 valence electrons. The number of aliphatic hydroxyl groups excluding tert-OH is 1. The van der Waals surface area contributed by atoms with E-state index in [4.69, 9.17) is 9.84 Å². The van der Waals surface area contributed by atoms with E-state index in [9.17, 15) is 0 Å². The minimum atomic E-state index is 0.177. The monoisotopic (exact) mass is 130 g/mol. The van der Waals surface area contributed by atoms with Crippen molar-refractivity contribution < 1.29 is 9.84 Å². The summed E-state index contributed by atoms with van der Waals surface area (Å²) in [5.41, 5.74) is 0. The topological polar surface area (TPSA) is 32.8 Å². The zero-order valence-corrected chi connectivity index (χ0v) is 5.84. The van der Waals surface area contributed by atoms with Gasteiger partial charge in [0, 0.05) is 0 Å². The third-order valence-corrected chi connectivity index (χ3v) is 1.71. The van der Waals surface area contributed by atoms with Crippen LogP contribution in [0.15, 0.2) is 0 Å². The number of aliphatic hydroxyl groups is 1. The van der Waals surface area contributed by atoms with Gasteiger partial charge in [-0.2, -0.15) is 0 Å². The molecule has 0 spiro atoms. The van der Waals surface area contributed by atoms with Crippen molar-refractivity contribution in [2.45, 2.75) is 38.4 Å². The molecule has 2 heteroatoms. The van der Waals surface area contributed by atoms with E-state index in [-0.39, 0.29) is 12.7 Å². The molecule has 2 nitrogen and oxygen atoms in total. The van der Waals surface area contributed by atoms with Crippen LogP contribution in [0.3, 0.4) is 0 Å². The van der Waals surface area contributed by atoms with Gasteiger partial charge in [0.05, 0.1) is 12.7 Å². The molecule has 0 bridgehead atoms. The summed E-state index contributed by atoms with van der Waals surface area (Å²) >= 11 is 0. The standard InChI is InChI=1S/C7H14O2/c1-2-3-4-6-7(5-8)9-6/h6-8H,2-5H2,1H3/t6-,7-/m0/s1. The molecule has 1 aliphatic heterocycles. The second-order valence-corrected chi connectivity index (χ2v) is 2.54. The average Bonchev–Trinajstić information content (AvgIpc) is 2.62. The van der Waals surface area contributed by atoms with Gasteiger partial charge in [0.1, 0.15) is 6.10 Å². The highest BCUT2D eigenvalue weighted by Gasteiger charge is 2.36. The van der Waals surface area contributed by atoms with Crippen LogP contribution in [-0.2, 0) is 4.74 Å². The molecule has 1 N–H and O–H groups in total. The lowest BCUT2D eigenvalue weighted by molar-refractivity contribution is 0.241. The van der Waals surface area contributed by atoms with Gasteiger partial charge < -0.3 is 9.84 Å². The first-order valence-electron chi connectivity index (χ1n) is 3.64. The maximum Gasteiger partial charge on any atom is 0.107 e. The van der Waals surface area contributed by atoms with Crippen LogP contribution in [0.4, 0.5) is 0 Å². The van der Waals surface area contributed by atoms with Crippen LogP contribution < -0.4 is 0 Å². The predicted octanol–water partition coefficient (Wildman–Crippen LogP) is 0.936. The highest BCUT2D eigenvalue weighted by molar-refractivity contribution is 4.83. The van der Waals surface area contributed by atoms with Crippen molar-refractivity contribution >= 4 is 0 Å². The Morgan fingerprint density at radius 2 is 2.22 bits per heavy atom. The van der Waals surface area contributed by atoms with Crippen LogP contribution in [0.25, 0.3) is 0 Å². The Kier molecular flexibility index (Phi) is 2.49. The minimum absolute atomic E-state index is 0.177. The Morgan fingerprint density at radius 1 is 1.44 bits per heavy atom. The quantitative estimate of drug-likeness (QED) is 0.574. The molecule has 0 aromatic rings. The van der Waals surface area contributed by atoms with Gasteiger partial charge in [-0.3, -0.25) is 0 Å². The second-order valence-electron chi connectivity index (χ2n) is 2.54. The largest absolute Gasteiger partial charge is 0.394 e. The summed E-state index contributed by atoms with van der Waals surface area (Å²) < 4.78 is 5.12. The van der Waals surface area contributed by atoms with Crippen molar-refractivity contribution in [1.82, 2.24) is 0 Å². The van der Waals surface area contributed by atoms with E-state index in [1.165, 1.54) is 12.8 Å². The first kappa shape index (κ1) is 7.03. The molecular formula is C7H14O2. The van der Waals surface area contributed by atoms with Gasteiger partial charge in [-0.1, -0.05) is 19.8 Å². The number of rotatable bonds is 4. The molecule has 9 heavy (non-hydrogen) atoms. The van der Waals surface area contributed by atoms with Crippen molar-refractivity contribution in [3.63, 3.8) is 0 Å². The van der Waals surface area contributed by atoms with E-state index < -0.39 is 0 Å². The maximum absolute atomic E-state index is 8.55. The van der Waals surface area contributed by atoms with Gasteiger partial charge in [0.15, 0.2) is 0 Å². The molecule has 0 amide bonds. The lowest BCUT2D eigenvalue weighted by Crippen LogP contribution is -1.98. The van der Waals surface area contributed by atoms with Gasteiger partial charge in [-0.05, 0) is 6.42 Å². The van der Waals surface area contributed by atoms with Gasteiger partial charge in [-0.15, -0.1) is 0 Å². The van der Waals surface area contributed by atoms with Crippen LogP contribution in [0.1, 0.15) is 26.2 Å². The highest BCUT2D eigenvalue weighted by Crippen LogP contribution is 2.25. The molecule has 1 aliphatic rings. The fraction of sp³-hybridized carbons (Fsp3) is 1.00. The van der Waals surface area contributed by atoms with E-state index in [0.29, 0.717) is 6.10 Å². The Morgan fingerprint density at radius 3 is 2.67 bits per heavy atom. The summed E-state index contributed by atoms with van der Waals surface area (Å²) in [5, 5.41) is 8.55. The van der Waals surface area contributed by atoms with Crippen molar-refractivity contribution in [3.8, 4) is 0 Å². The molecule has 2 atom stereocenters. The zero-order valence-electron chi connectivity index (χ0n) is 5.84. The number of ether oxygens (including phenoxy) is 1. The lowest BCUT2D eigenvalue weighted by atomic mass is 10.2. The molecule has 0 unspecified atom stereocenters. The number of epoxide rings is 1. The average molecular weight is 130 g/mol. The summed E-state index contributed by atoms with van der Waals surface area (Å²) in [7, 11) is 0. The van der Waals surface area contributed by atoms with E-state index in [2.05, 4.69) is 6.92 Å². The number of unbranched alkanes of at least 4 members (excludes halogenated alkanes) is 1.